The van der Waals surface area contributed by atoms with Crippen LogP contribution in [0.15, 0.2) is 33.9 Å². The van der Waals surface area contributed by atoms with Crippen LogP contribution in [0.3, 0.4) is 0 Å². The summed E-state index contributed by atoms with van der Waals surface area (Å²) in [6.07, 6.45) is 0. The highest BCUT2D eigenvalue weighted by molar-refractivity contribution is 5.89. The summed E-state index contributed by atoms with van der Waals surface area (Å²) in [5, 5.41) is 0.361. The Kier molecular flexibility index (Phi) is 2.23. The molecular weight excluding hydrogens is 208 g/mol. The molecule has 0 spiro atoms. The molecule has 0 aliphatic heterocycles. The van der Waals surface area contributed by atoms with E-state index in [9.17, 15) is 14.4 Å². The second-order valence-electron chi connectivity index (χ2n) is 3.52. The largest absolute Gasteiger partial charge is 0.338 e. The Bertz CT molecular complexity index is 694. The number of hydrogen-bond donors (Lipinski definition) is 0. The van der Waals surface area contributed by atoms with Crippen molar-refractivity contribution in [3.8, 4) is 0 Å². The molecule has 0 aliphatic rings. The second-order valence-corrected chi connectivity index (χ2v) is 3.52. The van der Waals surface area contributed by atoms with Gasteiger partial charge in [0.2, 0.25) is 5.91 Å². The lowest BCUT2D eigenvalue weighted by Gasteiger charge is -2.07. The minimum Gasteiger partial charge on any atom is -0.274 e. The maximum Gasteiger partial charge on any atom is 0.338 e. The van der Waals surface area contributed by atoms with E-state index in [4.69, 9.17) is 0 Å². The molecule has 2 rings (SSSR count). The summed E-state index contributed by atoms with van der Waals surface area (Å²) < 4.78 is 1.93. The molecule has 1 heterocycles. The summed E-state index contributed by atoms with van der Waals surface area (Å²) in [6.45, 7) is 1.29. The van der Waals surface area contributed by atoms with Crippen LogP contribution >= 0.6 is 0 Å². The van der Waals surface area contributed by atoms with Crippen molar-refractivity contribution in [2.75, 3.05) is 0 Å². The zero-order chi connectivity index (χ0) is 11.9. The summed E-state index contributed by atoms with van der Waals surface area (Å²) >= 11 is 0. The SMILES string of the molecule is CC(=O)n1c(=O)n(C)c(=O)c2ccccc21. The van der Waals surface area contributed by atoms with Gasteiger partial charge >= 0.3 is 5.69 Å². The first kappa shape index (κ1) is 10.4. The molecule has 82 valence electrons. The molecule has 0 bridgehead atoms. The fourth-order valence-electron chi connectivity index (χ4n) is 1.67. The number of benzene rings is 1. The van der Waals surface area contributed by atoms with Gasteiger partial charge in [-0.05, 0) is 12.1 Å². The van der Waals surface area contributed by atoms with Gasteiger partial charge in [-0.25, -0.2) is 9.36 Å². The van der Waals surface area contributed by atoms with Crippen molar-refractivity contribution < 1.29 is 4.79 Å². The van der Waals surface area contributed by atoms with Crippen LogP contribution in [0.5, 0.6) is 0 Å². The molecule has 0 aliphatic carbocycles. The van der Waals surface area contributed by atoms with Crippen LogP contribution in [0, 0.1) is 0 Å². The normalized spacial score (nSPS) is 10.6. The summed E-state index contributed by atoms with van der Waals surface area (Å²) in [4.78, 5) is 34.9. The lowest BCUT2D eigenvalue weighted by Crippen LogP contribution is -2.40. The van der Waals surface area contributed by atoms with Crippen molar-refractivity contribution in [2.24, 2.45) is 7.05 Å². The molecule has 16 heavy (non-hydrogen) atoms. The number of nitrogens with zero attached hydrogens (tertiary/aromatic N) is 2. The first-order valence-corrected chi connectivity index (χ1v) is 4.75. The van der Waals surface area contributed by atoms with Gasteiger partial charge < -0.3 is 0 Å². The predicted octanol–water partition coefficient (Wildman–Crippen LogP) is 0.360. The Balaban J connectivity index is 3.17. The van der Waals surface area contributed by atoms with Crippen LogP contribution in [0.25, 0.3) is 10.9 Å². The van der Waals surface area contributed by atoms with Gasteiger partial charge in [0.05, 0.1) is 10.9 Å². The zero-order valence-electron chi connectivity index (χ0n) is 8.93. The Labute approximate surface area is 90.6 Å². The van der Waals surface area contributed by atoms with Gasteiger partial charge in [-0.2, -0.15) is 0 Å². The fourth-order valence-corrected chi connectivity index (χ4v) is 1.67. The zero-order valence-corrected chi connectivity index (χ0v) is 8.93. The summed E-state index contributed by atoms with van der Waals surface area (Å²) in [5.41, 5.74) is -0.655. The molecular formula is C11H10N2O3. The van der Waals surface area contributed by atoms with Crippen molar-refractivity contribution >= 4 is 16.8 Å². The molecule has 1 aromatic carbocycles. The molecule has 2 aromatic rings. The third-order valence-corrected chi connectivity index (χ3v) is 2.47. The van der Waals surface area contributed by atoms with E-state index in [1.807, 2.05) is 0 Å². The molecule has 5 heteroatoms. The number of para-hydroxylation sites is 1. The van der Waals surface area contributed by atoms with Gasteiger partial charge in [-0.1, -0.05) is 12.1 Å². The van der Waals surface area contributed by atoms with E-state index < -0.39 is 17.2 Å². The molecule has 1 aromatic heterocycles. The Morgan fingerprint density at radius 1 is 1.19 bits per heavy atom. The number of rotatable bonds is 0. The minimum atomic E-state index is -0.615. The topological polar surface area (TPSA) is 61.1 Å². The molecule has 0 N–H and O–H groups in total. The van der Waals surface area contributed by atoms with E-state index in [0.29, 0.717) is 10.9 Å². The minimum absolute atomic E-state index is 0.350. The quantitative estimate of drug-likeness (QED) is 0.641. The van der Waals surface area contributed by atoms with Crippen molar-refractivity contribution in [3.63, 3.8) is 0 Å². The molecule has 0 atom stereocenters. The monoisotopic (exact) mass is 218 g/mol. The number of hydrogen-bond acceptors (Lipinski definition) is 3. The Morgan fingerprint density at radius 3 is 2.44 bits per heavy atom. The predicted molar refractivity (Wildman–Crippen MR) is 59.7 cm³/mol. The van der Waals surface area contributed by atoms with Crippen molar-refractivity contribution in [3.05, 3.63) is 45.1 Å². The smallest absolute Gasteiger partial charge is 0.274 e. The molecule has 0 radical (unpaired) electrons. The van der Waals surface area contributed by atoms with Crippen molar-refractivity contribution in [1.82, 2.24) is 9.13 Å². The van der Waals surface area contributed by atoms with Gasteiger partial charge in [0.15, 0.2) is 0 Å². The lowest BCUT2D eigenvalue weighted by molar-refractivity contribution is 0.0934. The average molecular weight is 218 g/mol. The van der Waals surface area contributed by atoms with E-state index in [0.717, 1.165) is 9.13 Å². The van der Waals surface area contributed by atoms with Gasteiger partial charge in [-0.3, -0.25) is 14.2 Å². The third kappa shape index (κ3) is 1.29. The van der Waals surface area contributed by atoms with E-state index in [2.05, 4.69) is 0 Å². The van der Waals surface area contributed by atoms with Crippen LogP contribution in [-0.2, 0) is 7.05 Å². The molecule has 0 saturated carbocycles. The van der Waals surface area contributed by atoms with Crippen LogP contribution in [0.4, 0.5) is 0 Å². The lowest BCUT2D eigenvalue weighted by atomic mass is 10.2. The van der Waals surface area contributed by atoms with Crippen LogP contribution < -0.4 is 11.2 Å². The number of fused-ring (bicyclic) bond motifs is 1. The van der Waals surface area contributed by atoms with Crippen LogP contribution in [-0.4, -0.2) is 15.0 Å². The Morgan fingerprint density at radius 2 is 1.81 bits per heavy atom. The van der Waals surface area contributed by atoms with Gasteiger partial charge in [0.1, 0.15) is 0 Å². The molecule has 0 fully saturated rings. The maximum absolute atomic E-state index is 11.8. The van der Waals surface area contributed by atoms with Crippen molar-refractivity contribution in [1.29, 1.82) is 0 Å². The highest BCUT2D eigenvalue weighted by Crippen LogP contribution is 2.06. The first-order valence-electron chi connectivity index (χ1n) is 4.75. The van der Waals surface area contributed by atoms with E-state index >= 15 is 0 Å². The summed E-state index contributed by atoms with van der Waals surface area (Å²) in [6, 6.07) is 6.55. The second kappa shape index (κ2) is 3.44. The highest BCUT2D eigenvalue weighted by Gasteiger charge is 2.12. The summed E-state index contributed by atoms with van der Waals surface area (Å²) in [7, 11) is 1.36. The maximum atomic E-state index is 11.8. The van der Waals surface area contributed by atoms with E-state index in [1.54, 1.807) is 24.3 Å². The van der Waals surface area contributed by atoms with Crippen LogP contribution in [0.1, 0.15) is 11.7 Å². The molecule has 0 amide bonds. The molecule has 5 nitrogen and oxygen atoms in total. The average Bonchev–Trinajstić information content (AvgIpc) is 2.26. The van der Waals surface area contributed by atoms with Gasteiger partial charge in [-0.15, -0.1) is 0 Å². The van der Waals surface area contributed by atoms with Crippen molar-refractivity contribution in [2.45, 2.75) is 6.92 Å². The number of carbonyl (C=O) groups is 1. The molecule has 0 saturated heterocycles. The third-order valence-electron chi connectivity index (χ3n) is 2.47. The standard InChI is InChI=1S/C11H10N2O3/c1-7(14)13-9-6-4-3-5-8(9)10(15)12(2)11(13)16/h3-6H,1-2H3. The van der Waals surface area contributed by atoms with Gasteiger partial charge in [0, 0.05) is 14.0 Å². The number of aromatic nitrogens is 2. The van der Waals surface area contributed by atoms with Gasteiger partial charge in [0.25, 0.3) is 5.56 Å². The fraction of sp³-hybridized carbons (Fsp3) is 0.182. The Hall–Kier alpha value is -2.17. The van der Waals surface area contributed by atoms with E-state index in [1.165, 1.54) is 14.0 Å². The summed E-state index contributed by atoms with van der Waals surface area (Å²) in [5.74, 6) is -0.406. The molecule has 0 unspecified atom stereocenters. The van der Waals surface area contributed by atoms with E-state index in [-0.39, 0.29) is 0 Å². The highest BCUT2D eigenvalue weighted by atomic mass is 16.2. The van der Waals surface area contributed by atoms with Crippen LogP contribution in [0.2, 0.25) is 0 Å². The first-order chi connectivity index (χ1) is 7.54. The number of carbonyl (C=O) groups excluding carboxylic acids is 1.